The number of aryl methyl sites for hydroxylation is 2. The molecular formula is C22H21NO2S. The van der Waals surface area contributed by atoms with Crippen LogP contribution in [0.4, 0.5) is 4.79 Å². The number of carbonyl (C=O) groups is 2. The van der Waals surface area contributed by atoms with Gasteiger partial charge >= 0.3 is 0 Å². The summed E-state index contributed by atoms with van der Waals surface area (Å²) in [5.41, 5.74) is 5.76. The van der Waals surface area contributed by atoms with E-state index in [0.29, 0.717) is 4.91 Å². The highest BCUT2D eigenvalue weighted by Gasteiger charge is 2.25. The minimum absolute atomic E-state index is 0.313. The van der Waals surface area contributed by atoms with Gasteiger partial charge in [-0.1, -0.05) is 60.2 Å². The van der Waals surface area contributed by atoms with Crippen molar-refractivity contribution in [3.05, 3.63) is 87.8 Å². The van der Waals surface area contributed by atoms with Crippen LogP contribution in [-0.2, 0) is 17.6 Å². The summed E-state index contributed by atoms with van der Waals surface area (Å²) in [5, 5.41) is 2.00. The Bertz CT molecular complexity index is 893. The van der Waals surface area contributed by atoms with Gasteiger partial charge in [0.2, 0.25) is 0 Å². The van der Waals surface area contributed by atoms with E-state index in [1.807, 2.05) is 38.1 Å². The Morgan fingerprint density at radius 1 is 0.962 bits per heavy atom. The monoisotopic (exact) mass is 363 g/mol. The minimum atomic E-state index is -0.319. The Morgan fingerprint density at radius 2 is 1.65 bits per heavy atom. The van der Waals surface area contributed by atoms with Gasteiger partial charge in [0.15, 0.2) is 0 Å². The number of thioether (sulfide) groups is 1. The molecule has 4 heteroatoms. The van der Waals surface area contributed by atoms with Crippen LogP contribution in [0.3, 0.4) is 0 Å². The van der Waals surface area contributed by atoms with Crippen molar-refractivity contribution >= 4 is 28.5 Å². The Labute approximate surface area is 158 Å². The van der Waals surface area contributed by atoms with E-state index in [4.69, 9.17) is 0 Å². The maximum atomic E-state index is 11.9. The van der Waals surface area contributed by atoms with Gasteiger partial charge in [0.1, 0.15) is 0 Å². The zero-order valence-corrected chi connectivity index (χ0v) is 15.7. The molecule has 2 aromatic carbocycles. The molecule has 0 aromatic heterocycles. The third-order valence-corrected chi connectivity index (χ3v) is 5.10. The van der Waals surface area contributed by atoms with Crippen LogP contribution in [0.5, 0.6) is 0 Å². The molecule has 1 N–H and O–H groups in total. The molecule has 0 spiro atoms. The summed E-state index contributed by atoms with van der Waals surface area (Å²) in [4.78, 5) is 23.8. The van der Waals surface area contributed by atoms with E-state index >= 15 is 0 Å². The average Bonchev–Trinajstić information content (AvgIpc) is 2.96. The average molecular weight is 363 g/mol. The third kappa shape index (κ3) is 4.33. The second-order valence-electron chi connectivity index (χ2n) is 6.41. The molecule has 0 radical (unpaired) electrons. The van der Waals surface area contributed by atoms with Crippen LogP contribution in [0, 0.1) is 0 Å². The molecule has 0 aliphatic carbocycles. The SMILES string of the molecule is CC(C)=C(/C=C1\SC(=O)NC1=O)c1ccccc1CCc1ccccc1. The van der Waals surface area contributed by atoms with Crippen molar-refractivity contribution in [3.8, 4) is 0 Å². The topological polar surface area (TPSA) is 46.2 Å². The van der Waals surface area contributed by atoms with Crippen LogP contribution < -0.4 is 5.32 Å². The molecule has 1 fully saturated rings. The van der Waals surface area contributed by atoms with Crippen molar-refractivity contribution in [2.24, 2.45) is 0 Å². The Hall–Kier alpha value is -2.59. The smallest absolute Gasteiger partial charge is 0.282 e. The molecule has 1 aliphatic heterocycles. The van der Waals surface area contributed by atoms with Crippen molar-refractivity contribution in [1.82, 2.24) is 5.32 Å². The highest BCUT2D eigenvalue weighted by atomic mass is 32.2. The molecule has 132 valence electrons. The molecule has 26 heavy (non-hydrogen) atoms. The van der Waals surface area contributed by atoms with Crippen molar-refractivity contribution in [2.75, 3.05) is 0 Å². The molecule has 1 saturated heterocycles. The number of imide groups is 1. The number of benzene rings is 2. The lowest BCUT2D eigenvalue weighted by Crippen LogP contribution is -2.17. The fourth-order valence-corrected chi connectivity index (χ4v) is 3.63. The first-order chi connectivity index (χ1) is 12.5. The first-order valence-corrected chi connectivity index (χ1v) is 9.41. The summed E-state index contributed by atoms with van der Waals surface area (Å²) in [7, 11) is 0. The first kappa shape index (κ1) is 18.2. The summed E-state index contributed by atoms with van der Waals surface area (Å²) in [5.74, 6) is -0.319. The number of carbonyl (C=O) groups excluding carboxylic acids is 2. The number of nitrogens with one attached hydrogen (secondary N) is 1. The molecule has 2 amide bonds. The molecule has 2 aromatic rings. The predicted octanol–water partition coefficient (Wildman–Crippen LogP) is 5.13. The number of rotatable bonds is 5. The van der Waals surface area contributed by atoms with E-state index in [1.165, 1.54) is 11.1 Å². The zero-order valence-electron chi connectivity index (χ0n) is 14.9. The number of hydrogen-bond acceptors (Lipinski definition) is 3. The number of hydrogen-bond donors (Lipinski definition) is 1. The molecule has 0 bridgehead atoms. The van der Waals surface area contributed by atoms with Crippen LogP contribution in [0.25, 0.3) is 5.57 Å². The lowest BCUT2D eigenvalue weighted by atomic mass is 9.92. The van der Waals surface area contributed by atoms with Gasteiger partial charge in [0, 0.05) is 0 Å². The number of allylic oxidation sites excluding steroid dienone is 3. The summed E-state index contributed by atoms with van der Waals surface area (Å²) >= 11 is 0.958. The lowest BCUT2D eigenvalue weighted by molar-refractivity contribution is -0.115. The summed E-state index contributed by atoms with van der Waals surface area (Å²) in [6.45, 7) is 4.05. The third-order valence-electron chi connectivity index (χ3n) is 4.29. The van der Waals surface area contributed by atoms with Gasteiger partial charge in [-0.05, 0) is 66.8 Å². The fraction of sp³-hybridized carbons (Fsp3) is 0.182. The Balaban J connectivity index is 1.91. The van der Waals surface area contributed by atoms with Crippen LogP contribution in [-0.4, -0.2) is 11.1 Å². The largest absolute Gasteiger partial charge is 0.290 e. The van der Waals surface area contributed by atoms with Crippen LogP contribution in [0.2, 0.25) is 0 Å². The maximum absolute atomic E-state index is 11.9. The standard InChI is InChI=1S/C22H21NO2S/c1-15(2)19(14-20-21(24)23-22(25)26-20)18-11-7-6-10-17(18)13-12-16-8-4-3-5-9-16/h3-11,14H,12-13H2,1-2H3,(H,23,24,25)/b20-14-. The Kier molecular flexibility index (Phi) is 5.74. The van der Waals surface area contributed by atoms with Crippen molar-refractivity contribution in [2.45, 2.75) is 26.7 Å². The van der Waals surface area contributed by atoms with Gasteiger partial charge in [0.05, 0.1) is 4.91 Å². The van der Waals surface area contributed by atoms with Crippen LogP contribution in [0.1, 0.15) is 30.5 Å². The molecule has 1 heterocycles. The van der Waals surface area contributed by atoms with Crippen LogP contribution >= 0.6 is 11.8 Å². The molecule has 0 unspecified atom stereocenters. The normalized spacial score (nSPS) is 15.2. The van der Waals surface area contributed by atoms with E-state index in [0.717, 1.165) is 41.3 Å². The van der Waals surface area contributed by atoms with E-state index in [2.05, 4.69) is 41.7 Å². The molecule has 1 aliphatic rings. The molecular weight excluding hydrogens is 342 g/mol. The molecule has 0 atom stereocenters. The minimum Gasteiger partial charge on any atom is -0.282 e. The van der Waals surface area contributed by atoms with Crippen molar-refractivity contribution in [3.63, 3.8) is 0 Å². The van der Waals surface area contributed by atoms with Gasteiger partial charge in [-0.25, -0.2) is 0 Å². The van der Waals surface area contributed by atoms with Crippen molar-refractivity contribution < 1.29 is 9.59 Å². The number of amides is 2. The quantitative estimate of drug-likeness (QED) is 0.749. The lowest BCUT2D eigenvalue weighted by Gasteiger charge is -2.13. The van der Waals surface area contributed by atoms with E-state index in [9.17, 15) is 9.59 Å². The van der Waals surface area contributed by atoms with E-state index < -0.39 is 0 Å². The van der Waals surface area contributed by atoms with Gasteiger partial charge in [-0.3, -0.25) is 14.9 Å². The highest BCUT2D eigenvalue weighted by molar-refractivity contribution is 8.18. The molecule has 3 rings (SSSR count). The van der Waals surface area contributed by atoms with Gasteiger partial charge in [-0.15, -0.1) is 0 Å². The van der Waals surface area contributed by atoms with Crippen LogP contribution in [0.15, 0.2) is 71.2 Å². The molecule has 0 saturated carbocycles. The first-order valence-electron chi connectivity index (χ1n) is 8.59. The predicted molar refractivity (Wildman–Crippen MR) is 108 cm³/mol. The summed E-state index contributed by atoms with van der Waals surface area (Å²) in [6.07, 6.45) is 3.71. The highest BCUT2D eigenvalue weighted by Crippen LogP contribution is 2.31. The summed E-state index contributed by atoms with van der Waals surface area (Å²) in [6, 6.07) is 18.7. The van der Waals surface area contributed by atoms with Gasteiger partial charge in [-0.2, -0.15) is 0 Å². The van der Waals surface area contributed by atoms with E-state index in [-0.39, 0.29) is 11.1 Å². The fourth-order valence-electron chi connectivity index (χ4n) is 2.97. The van der Waals surface area contributed by atoms with Gasteiger partial charge in [0.25, 0.3) is 11.1 Å². The second kappa shape index (κ2) is 8.19. The Morgan fingerprint density at radius 3 is 2.31 bits per heavy atom. The van der Waals surface area contributed by atoms with E-state index in [1.54, 1.807) is 0 Å². The summed E-state index contributed by atoms with van der Waals surface area (Å²) < 4.78 is 0. The maximum Gasteiger partial charge on any atom is 0.290 e. The second-order valence-corrected chi connectivity index (χ2v) is 7.42. The zero-order chi connectivity index (χ0) is 18.5. The van der Waals surface area contributed by atoms with Crippen molar-refractivity contribution in [1.29, 1.82) is 0 Å². The molecule has 3 nitrogen and oxygen atoms in total. The van der Waals surface area contributed by atoms with Gasteiger partial charge < -0.3 is 0 Å².